The third kappa shape index (κ3) is 3.61. The fourth-order valence-electron chi connectivity index (χ4n) is 2.75. The molecule has 1 aliphatic rings. The Hall–Kier alpha value is -3.00. The average molecular weight is 430 g/mol. The SMILES string of the molecule is CN(CC(=O)Nc1ccccc1Br)C(=O)c1ccc2c(c1)C(=O)N(C)C2=O. The lowest BCUT2D eigenvalue weighted by molar-refractivity contribution is -0.116. The monoisotopic (exact) mass is 429 g/mol. The van der Waals surface area contributed by atoms with Gasteiger partial charge in [0.05, 0.1) is 23.4 Å². The van der Waals surface area contributed by atoms with Gasteiger partial charge in [-0.3, -0.25) is 24.1 Å². The van der Waals surface area contributed by atoms with E-state index < -0.39 is 17.7 Å². The van der Waals surface area contributed by atoms with Crippen LogP contribution in [0.4, 0.5) is 5.69 Å². The number of para-hydroxylation sites is 1. The van der Waals surface area contributed by atoms with Crippen molar-refractivity contribution in [2.45, 2.75) is 0 Å². The number of imide groups is 1. The maximum atomic E-state index is 12.6. The number of halogens is 1. The summed E-state index contributed by atoms with van der Waals surface area (Å²) in [7, 11) is 2.89. The maximum Gasteiger partial charge on any atom is 0.261 e. The Morgan fingerprint density at radius 1 is 1.07 bits per heavy atom. The fraction of sp³-hybridized carbons (Fsp3) is 0.158. The standard InChI is InChI=1S/C19H16BrN3O4/c1-22(10-16(24)21-15-6-4-3-5-14(15)20)17(25)11-7-8-12-13(9-11)19(27)23(2)18(12)26/h3-9H,10H2,1-2H3,(H,21,24). The van der Waals surface area contributed by atoms with Crippen molar-refractivity contribution in [1.82, 2.24) is 9.80 Å². The number of fused-ring (bicyclic) bond motifs is 1. The summed E-state index contributed by atoms with van der Waals surface area (Å²) in [6.07, 6.45) is 0. The number of nitrogens with zero attached hydrogens (tertiary/aromatic N) is 2. The van der Waals surface area contributed by atoms with E-state index in [1.54, 1.807) is 18.2 Å². The lowest BCUT2D eigenvalue weighted by atomic mass is 10.0. The highest BCUT2D eigenvalue weighted by molar-refractivity contribution is 9.10. The van der Waals surface area contributed by atoms with Gasteiger partial charge in [0.1, 0.15) is 0 Å². The van der Waals surface area contributed by atoms with Crippen molar-refractivity contribution in [3.8, 4) is 0 Å². The first-order valence-corrected chi connectivity index (χ1v) is 8.85. The van der Waals surface area contributed by atoms with E-state index in [2.05, 4.69) is 21.2 Å². The van der Waals surface area contributed by atoms with Crippen molar-refractivity contribution in [3.05, 3.63) is 63.6 Å². The van der Waals surface area contributed by atoms with Crippen LogP contribution < -0.4 is 5.32 Å². The van der Waals surface area contributed by atoms with Crippen molar-refractivity contribution in [2.75, 3.05) is 26.0 Å². The molecule has 1 heterocycles. The summed E-state index contributed by atoms with van der Waals surface area (Å²) in [5.41, 5.74) is 1.31. The number of nitrogens with one attached hydrogen (secondary N) is 1. The third-order valence-corrected chi connectivity index (χ3v) is 4.90. The van der Waals surface area contributed by atoms with Gasteiger partial charge in [-0.1, -0.05) is 12.1 Å². The largest absolute Gasteiger partial charge is 0.332 e. The predicted octanol–water partition coefficient (Wildman–Crippen LogP) is 2.39. The molecular weight excluding hydrogens is 414 g/mol. The van der Waals surface area contributed by atoms with E-state index in [0.717, 1.165) is 9.37 Å². The van der Waals surface area contributed by atoms with Crippen LogP contribution in [-0.2, 0) is 4.79 Å². The number of benzene rings is 2. The Labute approximate surface area is 164 Å². The number of amides is 4. The summed E-state index contributed by atoms with van der Waals surface area (Å²) in [6, 6.07) is 11.5. The molecule has 0 saturated carbocycles. The van der Waals surface area contributed by atoms with Crippen molar-refractivity contribution in [2.24, 2.45) is 0 Å². The number of carbonyl (C=O) groups is 4. The number of anilines is 1. The summed E-state index contributed by atoms with van der Waals surface area (Å²) >= 11 is 3.34. The molecule has 0 radical (unpaired) electrons. The molecule has 0 atom stereocenters. The van der Waals surface area contributed by atoms with Gasteiger partial charge >= 0.3 is 0 Å². The fourth-order valence-corrected chi connectivity index (χ4v) is 3.14. The molecule has 0 spiro atoms. The summed E-state index contributed by atoms with van der Waals surface area (Å²) in [5.74, 6) is -1.62. The molecule has 8 heteroatoms. The zero-order chi connectivity index (χ0) is 19.7. The van der Waals surface area contributed by atoms with Crippen molar-refractivity contribution < 1.29 is 19.2 Å². The second-order valence-corrected chi connectivity index (χ2v) is 6.97. The normalized spacial score (nSPS) is 12.8. The van der Waals surface area contributed by atoms with Crippen LogP contribution in [0.15, 0.2) is 46.9 Å². The molecule has 7 nitrogen and oxygen atoms in total. The Morgan fingerprint density at radius 2 is 1.74 bits per heavy atom. The number of rotatable bonds is 4. The highest BCUT2D eigenvalue weighted by atomic mass is 79.9. The quantitative estimate of drug-likeness (QED) is 0.755. The van der Waals surface area contributed by atoms with Crippen LogP contribution in [0, 0.1) is 0 Å². The molecule has 0 aliphatic carbocycles. The molecule has 3 rings (SSSR count). The summed E-state index contributed by atoms with van der Waals surface area (Å²) in [6.45, 7) is -0.163. The van der Waals surface area contributed by atoms with E-state index >= 15 is 0 Å². The minimum absolute atomic E-state index is 0.163. The first-order valence-electron chi connectivity index (χ1n) is 8.06. The van der Waals surface area contributed by atoms with E-state index in [1.165, 1.54) is 37.2 Å². The zero-order valence-corrected chi connectivity index (χ0v) is 16.2. The molecule has 2 aromatic carbocycles. The molecule has 0 fully saturated rings. The Balaban J connectivity index is 1.71. The maximum absolute atomic E-state index is 12.6. The van der Waals surface area contributed by atoms with Gasteiger partial charge in [-0.25, -0.2) is 0 Å². The third-order valence-electron chi connectivity index (χ3n) is 4.21. The molecule has 0 bridgehead atoms. The molecule has 4 amide bonds. The van der Waals surface area contributed by atoms with Gasteiger partial charge < -0.3 is 10.2 Å². The molecule has 0 aromatic heterocycles. The van der Waals surface area contributed by atoms with Crippen LogP contribution in [0.1, 0.15) is 31.1 Å². The second kappa shape index (κ2) is 7.32. The molecule has 2 aromatic rings. The highest BCUT2D eigenvalue weighted by Gasteiger charge is 2.33. The van der Waals surface area contributed by atoms with Gasteiger partial charge in [0, 0.05) is 24.1 Å². The molecule has 1 aliphatic heterocycles. The zero-order valence-electron chi connectivity index (χ0n) is 14.7. The van der Waals surface area contributed by atoms with Crippen molar-refractivity contribution in [1.29, 1.82) is 0 Å². The summed E-state index contributed by atoms with van der Waals surface area (Å²) < 4.78 is 0.734. The topological polar surface area (TPSA) is 86.8 Å². The van der Waals surface area contributed by atoms with Gasteiger partial charge in [0.15, 0.2) is 0 Å². The lowest BCUT2D eigenvalue weighted by Gasteiger charge is -2.17. The van der Waals surface area contributed by atoms with E-state index in [9.17, 15) is 19.2 Å². The van der Waals surface area contributed by atoms with Gasteiger partial charge in [-0.2, -0.15) is 0 Å². The number of carbonyl (C=O) groups excluding carboxylic acids is 4. The second-order valence-electron chi connectivity index (χ2n) is 6.12. The van der Waals surface area contributed by atoms with Crippen molar-refractivity contribution >= 4 is 45.2 Å². The molecule has 138 valence electrons. The van der Waals surface area contributed by atoms with Crippen LogP contribution in [0.2, 0.25) is 0 Å². The van der Waals surface area contributed by atoms with E-state index in [1.807, 2.05) is 6.07 Å². The van der Waals surface area contributed by atoms with Crippen molar-refractivity contribution in [3.63, 3.8) is 0 Å². The average Bonchev–Trinajstić information content (AvgIpc) is 2.87. The number of hydrogen-bond acceptors (Lipinski definition) is 4. The highest BCUT2D eigenvalue weighted by Crippen LogP contribution is 2.23. The minimum atomic E-state index is -0.445. The van der Waals surface area contributed by atoms with E-state index in [0.29, 0.717) is 5.69 Å². The smallest absolute Gasteiger partial charge is 0.261 e. The molecule has 0 saturated heterocycles. The van der Waals surface area contributed by atoms with Gasteiger partial charge in [0.2, 0.25) is 5.91 Å². The van der Waals surface area contributed by atoms with E-state index in [-0.39, 0.29) is 29.1 Å². The Morgan fingerprint density at radius 3 is 2.44 bits per heavy atom. The first-order chi connectivity index (χ1) is 12.8. The summed E-state index contributed by atoms with van der Waals surface area (Å²) in [4.78, 5) is 51.1. The lowest BCUT2D eigenvalue weighted by Crippen LogP contribution is -2.35. The predicted molar refractivity (Wildman–Crippen MR) is 103 cm³/mol. The van der Waals surface area contributed by atoms with E-state index in [4.69, 9.17) is 0 Å². The van der Waals surface area contributed by atoms with Crippen LogP contribution in [0.25, 0.3) is 0 Å². The Kier molecular flexibility index (Phi) is 5.09. The Bertz CT molecular complexity index is 973. The van der Waals surface area contributed by atoms with Crippen LogP contribution in [0.3, 0.4) is 0 Å². The summed E-state index contributed by atoms with van der Waals surface area (Å²) in [5, 5.41) is 2.72. The van der Waals surface area contributed by atoms with Crippen LogP contribution >= 0.6 is 15.9 Å². The number of likely N-dealkylation sites (N-methyl/N-ethyl adjacent to an activating group) is 1. The van der Waals surface area contributed by atoms with Crippen LogP contribution in [0.5, 0.6) is 0 Å². The molecular formula is C19H16BrN3O4. The van der Waals surface area contributed by atoms with Gasteiger partial charge in [0.25, 0.3) is 17.7 Å². The molecule has 1 N–H and O–H groups in total. The minimum Gasteiger partial charge on any atom is -0.332 e. The molecule has 27 heavy (non-hydrogen) atoms. The molecule has 0 unspecified atom stereocenters. The van der Waals surface area contributed by atoms with Crippen LogP contribution in [-0.4, -0.2) is 54.1 Å². The first kappa shape index (κ1) is 18.8. The van der Waals surface area contributed by atoms with Gasteiger partial charge in [-0.05, 0) is 46.3 Å². The van der Waals surface area contributed by atoms with Gasteiger partial charge in [-0.15, -0.1) is 0 Å². The number of hydrogen-bond donors (Lipinski definition) is 1.